The van der Waals surface area contributed by atoms with Crippen molar-refractivity contribution in [1.82, 2.24) is 0 Å². The summed E-state index contributed by atoms with van der Waals surface area (Å²) in [5, 5.41) is 0. The summed E-state index contributed by atoms with van der Waals surface area (Å²) < 4.78 is 13.6. The van der Waals surface area contributed by atoms with Crippen molar-refractivity contribution in [2.24, 2.45) is 5.73 Å². The Morgan fingerprint density at radius 3 is 2.06 bits per heavy atom. The van der Waals surface area contributed by atoms with Gasteiger partial charge in [0.15, 0.2) is 0 Å². The third kappa shape index (κ3) is 2.29. The molecule has 94 valence electrons. The third-order valence-electron chi connectivity index (χ3n) is 3.34. The average Bonchev–Trinajstić information content (AvgIpc) is 2.35. The molecular weight excluding hydrogens is 225 g/mol. The molecule has 0 radical (unpaired) electrons. The Balaban J connectivity index is 2.47. The number of aryl methyl sites for hydroxylation is 3. The number of hydrogen-bond acceptors (Lipinski definition) is 1. The van der Waals surface area contributed by atoms with Gasteiger partial charge in [0.05, 0.1) is 6.04 Å². The van der Waals surface area contributed by atoms with Crippen LogP contribution in [0, 0.1) is 26.6 Å². The minimum absolute atomic E-state index is 0.143. The van der Waals surface area contributed by atoms with E-state index in [2.05, 4.69) is 0 Å². The molecule has 1 atom stereocenters. The molecule has 2 N–H and O–H groups in total. The van der Waals surface area contributed by atoms with Crippen molar-refractivity contribution < 1.29 is 4.39 Å². The van der Waals surface area contributed by atoms with Gasteiger partial charge in [0.2, 0.25) is 0 Å². The molecule has 0 aromatic heterocycles. The van der Waals surface area contributed by atoms with Gasteiger partial charge in [-0.15, -0.1) is 0 Å². The maximum atomic E-state index is 13.6. The first-order valence-electron chi connectivity index (χ1n) is 6.08. The Bertz CT molecular complexity index is 552. The highest BCUT2D eigenvalue weighted by Gasteiger charge is 2.13. The Hall–Kier alpha value is -1.67. The van der Waals surface area contributed by atoms with E-state index in [9.17, 15) is 4.39 Å². The minimum atomic E-state index is -0.204. The fourth-order valence-corrected chi connectivity index (χ4v) is 2.27. The van der Waals surface area contributed by atoms with Gasteiger partial charge in [-0.3, -0.25) is 0 Å². The molecule has 2 rings (SSSR count). The molecule has 1 nitrogen and oxygen atoms in total. The summed E-state index contributed by atoms with van der Waals surface area (Å²) in [5.41, 5.74) is 10.8. The largest absolute Gasteiger partial charge is 0.320 e. The topological polar surface area (TPSA) is 26.0 Å². The van der Waals surface area contributed by atoms with Crippen molar-refractivity contribution in [2.45, 2.75) is 26.8 Å². The molecule has 2 heteroatoms. The summed E-state index contributed by atoms with van der Waals surface area (Å²) in [6.07, 6.45) is 0. The van der Waals surface area contributed by atoms with E-state index in [-0.39, 0.29) is 11.9 Å². The lowest BCUT2D eigenvalue weighted by Gasteiger charge is -2.17. The van der Waals surface area contributed by atoms with Crippen molar-refractivity contribution in [1.29, 1.82) is 0 Å². The van der Waals surface area contributed by atoms with Gasteiger partial charge in [-0.2, -0.15) is 0 Å². The minimum Gasteiger partial charge on any atom is -0.320 e. The summed E-state index contributed by atoms with van der Waals surface area (Å²) in [6, 6.07) is 11.5. The molecule has 0 saturated carbocycles. The van der Waals surface area contributed by atoms with E-state index >= 15 is 0 Å². The van der Waals surface area contributed by atoms with Crippen molar-refractivity contribution in [3.63, 3.8) is 0 Å². The second-order valence-electron chi connectivity index (χ2n) is 4.80. The molecule has 2 aromatic carbocycles. The van der Waals surface area contributed by atoms with Gasteiger partial charge in [-0.25, -0.2) is 4.39 Å². The van der Waals surface area contributed by atoms with Crippen LogP contribution in [0.5, 0.6) is 0 Å². The number of rotatable bonds is 2. The van der Waals surface area contributed by atoms with Crippen molar-refractivity contribution in [3.8, 4) is 0 Å². The fourth-order valence-electron chi connectivity index (χ4n) is 2.27. The Morgan fingerprint density at radius 2 is 1.50 bits per heavy atom. The van der Waals surface area contributed by atoms with Crippen LogP contribution in [0.3, 0.4) is 0 Å². The molecule has 0 spiro atoms. The van der Waals surface area contributed by atoms with Gasteiger partial charge in [-0.1, -0.05) is 36.4 Å². The highest BCUT2D eigenvalue weighted by molar-refractivity contribution is 5.40. The monoisotopic (exact) mass is 243 g/mol. The third-order valence-corrected chi connectivity index (χ3v) is 3.34. The van der Waals surface area contributed by atoms with Gasteiger partial charge >= 0.3 is 0 Å². The number of halogens is 1. The predicted octanol–water partition coefficient (Wildman–Crippen LogP) is 3.80. The van der Waals surface area contributed by atoms with E-state index in [1.807, 2.05) is 43.3 Å². The van der Waals surface area contributed by atoms with E-state index in [4.69, 9.17) is 5.73 Å². The molecule has 0 heterocycles. The molecule has 0 saturated heterocycles. The van der Waals surface area contributed by atoms with E-state index in [0.717, 1.165) is 16.7 Å². The van der Waals surface area contributed by atoms with Crippen LogP contribution in [-0.4, -0.2) is 0 Å². The van der Waals surface area contributed by atoms with Gasteiger partial charge in [0.1, 0.15) is 5.82 Å². The molecule has 0 bridgehead atoms. The lowest BCUT2D eigenvalue weighted by Crippen LogP contribution is -2.14. The van der Waals surface area contributed by atoms with Crippen molar-refractivity contribution in [3.05, 3.63) is 70.0 Å². The van der Waals surface area contributed by atoms with Crippen LogP contribution >= 0.6 is 0 Å². The van der Waals surface area contributed by atoms with Crippen LogP contribution in [0.25, 0.3) is 0 Å². The fraction of sp³-hybridized carbons (Fsp3) is 0.250. The number of nitrogens with two attached hydrogens (primary N) is 1. The second kappa shape index (κ2) is 4.91. The van der Waals surface area contributed by atoms with Crippen LogP contribution in [-0.2, 0) is 0 Å². The molecule has 0 aliphatic heterocycles. The van der Waals surface area contributed by atoms with Crippen molar-refractivity contribution >= 4 is 0 Å². The highest BCUT2D eigenvalue weighted by atomic mass is 19.1. The molecule has 0 amide bonds. The SMILES string of the molecule is Cc1ccccc1C(N)c1cc(C)c(F)c(C)c1. The van der Waals surface area contributed by atoms with Gasteiger partial charge < -0.3 is 5.73 Å². The quantitative estimate of drug-likeness (QED) is 0.853. The molecule has 1 unspecified atom stereocenters. The average molecular weight is 243 g/mol. The first kappa shape index (κ1) is 12.8. The Labute approximate surface area is 107 Å². The van der Waals surface area contributed by atoms with Crippen LogP contribution in [0.1, 0.15) is 33.9 Å². The zero-order valence-electron chi connectivity index (χ0n) is 11.0. The smallest absolute Gasteiger partial charge is 0.129 e. The Kier molecular flexibility index (Phi) is 3.48. The molecular formula is C16H18FN. The zero-order chi connectivity index (χ0) is 13.3. The Morgan fingerprint density at radius 1 is 0.944 bits per heavy atom. The van der Waals surface area contributed by atoms with E-state index in [0.29, 0.717) is 11.1 Å². The number of benzene rings is 2. The summed E-state index contributed by atoms with van der Waals surface area (Å²) in [6.45, 7) is 5.59. The molecule has 0 fully saturated rings. The second-order valence-corrected chi connectivity index (χ2v) is 4.80. The first-order chi connectivity index (χ1) is 8.50. The van der Waals surface area contributed by atoms with Crippen LogP contribution < -0.4 is 5.73 Å². The maximum absolute atomic E-state index is 13.6. The predicted molar refractivity (Wildman–Crippen MR) is 73.1 cm³/mol. The zero-order valence-corrected chi connectivity index (χ0v) is 11.0. The molecule has 0 aliphatic rings. The van der Waals surface area contributed by atoms with Gasteiger partial charge in [0.25, 0.3) is 0 Å². The standard InChI is InChI=1S/C16H18FN/c1-10-6-4-5-7-14(10)16(18)13-8-11(2)15(17)12(3)9-13/h4-9,16H,18H2,1-3H3. The van der Waals surface area contributed by atoms with Crippen molar-refractivity contribution in [2.75, 3.05) is 0 Å². The molecule has 2 aromatic rings. The van der Waals surface area contributed by atoms with E-state index < -0.39 is 0 Å². The summed E-state index contributed by atoms with van der Waals surface area (Å²) in [4.78, 5) is 0. The lowest BCUT2D eigenvalue weighted by atomic mass is 9.93. The number of hydrogen-bond donors (Lipinski definition) is 1. The molecule has 0 aliphatic carbocycles. The van der Waals surface area contributed by atoms with E-state index in [1.54, 1.807) is 13.8 Å². The van der Waals surface area contributed by atoms with E-state index in [1.165, 1.54) is 0 Å². The maximum Gasteiger partial charge on any atom is 0.129 e. The van der Waals surface area contributed by atoms with Gasteiger partial charge in [-0.05, 0) is 48.6 Å². The summed E-state index contributed by atoms with van der Waals surface area (Å²) in [7, 11) is 0. The summed E-state index contributed by atoms with van der Waals surface area (Å²) in [5.74, 6) is -0.143. The molecule has 18 heavy (non-hydrogen) atoms. The summed E-state index contributed by atoms with van der Waals surface area (Å²) >= 11 is 0. The lowest BCUT2D eigenvalue weighted by molar-refractivity contribution is 0.607. The van der Waals surface area contributed by atoms with Crippen LogP contribution in [0.4, 0.5) is 4.39 Å². The van der Waals surface area contributed by atoms with Crippen LogP contribution in [0.2, 0.25) is 0 Å². The normalized spacial score (nSPS) is 12.5. The first-order valence-corrected chi connectivity index (χ1v) is 6.08. The van der Waals surface area contributed by atoms with Crippen LogP contribution in [0.15, 0.2) is 36.4 Å². The van der Waals surface area contributed by atoms with Gasteiger partial charge in [0, 0.05) is 0 Å². The highest BCUT2D eigenvalue weighted by Crippen LogP contribution is 2.25.